The van der Waals surface area contributed by atoms with E-state index in [9.17, 15) is 8.42 Å². The van der Waals surface area contributed by atoms with E-state index in [1.54, 1.807) is 24.3 Å². The average molecular weight is 258 g/mol. The minimum Gasteiger partial charge on any atom is -0.383 e. The normalized spacial score (nSPS) is 11.4. The van der Waals surface area contributed by atoms with Crippen molar-refractivity contribution in [2.75, 3.05) is 32.1 Å². The second-order valence-corrected chi connectivity index (χ2v) is 5.24. The van der Waals surface area contributed by atoms with Crippen molar-refractivity contribution >= 4 is 15.7 Å². The molecule has 0 bridgehead atoms. The molecule has 96 valence electrons. The van der Waals surface area contributed by atoms with E-state index in [1.165, 1.54) is 7.05 Å². The standard InChI is InChI=1S/C11H18N2O3S/c1-3-16-9-8-13-10-4-6-11(7-5-10)17(14,15)12-2/h4-7,12-13H,3,8-9H2,1-2H3. The predicted molar refractivity (Wildman–Crippen MR) is 67.7 cm³/mol. The van der Waals surface area contributed by atoms with Crippen molar-refractivity contribution in [3.63, 3.8) is 0 Å². The highest BCUT2D eigenvalue weighted by atomic mass is 32.2. The van der Waals surface area contributed by atoms with Crippen molar-refractivity contribution in [1.29, 1.82) is 0 Å². The molecular weight excluding hydrogens is 240 g/mol. The summed E-state index contributed by atoms with van der Waals surface area (Å²) in [6.07, 6.45) is 0. The van der Waals surface area contributed by atoms with Crippen LogP contribution < -0.4 is 10.0 Å². The molecule has 17 heavy (non-hydrogen) atoms. The molecule has 1 aromatic rings. The zero-order valence-corrected chi connectivity index (χ0v) is 10.9. The molecule has 0 heterocycles. The average Bonchev–Trinajstić information content (AvgIpc) is 2.35. The van der Waals surface area contributed by atoms with Crippen LogP contribution in [0.25, 0.3) is 0 Å². The van der Waals surface area contributed by atoms with Gasteiger partial charge < -0.3 is 10.1 Å². The lowest BCUT2D eigenvalue weighted by Crippen LogP contribution is -2.18. The fourth-order valence-electron chi connectivity index (χ4n) is 1.28. The maximum atomic E-state index is 11.5. The molecule has 2 N–H and O–H groups in total. The molecular formula is C11H18N2O3S. The van der Waals surface area contributed by atoms with Gasteiger partial charge in [-0.3, -0.25) is 0 Å². The number of hydrogen-bond acceptors (Lipinski definition) is 4. The lowest BCUT2D eigenvalue weighted by Gasteiger charge is -2.07. The largest absolute Gasteiger partial charge is 0.383 e. The molecule has 0 atom stereocenters. The van der Waals surface area contributed by atoms with Gasteiger partial charge in [0.1, 0.15) is 0 Å². The van der Waals surface area contributed by atoms with Gasteiger partial charge in [0.15, 0.2) is 0 Å². The fraction of sp³-hybridized carbons (Fsp3) is 0.455. The second kappa shape index (κ2) is 6.58. The molecule has 0 aliphatic heterocycles. The van der Waals surface area contributed by atoms with E-state index < -0.39 is 10.0 Å². The minimum absolute atomic E-state index is 0.260. The first-order valence-electron chi connectivity index (χ1n) is 5.45. The number of nitrogens with one attached hydrogen (secondary N) is 2. The van der Waals surface area contributed by atoms with E-state index in [4.69, 9.17) is 4.74 Å². The molecule has 0 spiro atoms. The Morgan fingerprint density at radius 1 is 1.24 bits per heavy atom. The Morgan fingerprint density at radius 2 is 1.88 bits per heavy atom. The van der Waals surface area contributed by atoms with E-state index in [0.717, 1.165) is 5.69 Å². The number of ether oxygens (including phenoxy) is 1. The Hall–Kier alpha value is -1.11. The summed E-state index contributed by atoms with van der Waals surface area (Å²) in [6, 6.07) is 6.59. The third kappa shape index (κ3) is 4.33. The summed E-state index contributed by atoms with van der Waals surface area (Å²) in [5.41, 5.74) is 0.875. The van der Waals surface area contributed by atoms with Crippen LogP contribution in [0, 0.1) is 0 Å². The van der Waals surface area contributed by atoms with E-state index in [0.29, 0.717) is 19.8 Å². The van der Waals surface area contributed by atoms with Crippen LogP contribution >= 0.6 is 0 Å². The summed E-state index contributed by atoms with van der Waals surface area (Å²) >= 11 is 0. The van der Waals surface area contributed by atoms with Crippen molar-refractivity contribution in [3.05, 3.63) is 24.3 Å². The van der Waals surface area contributed by atoms with Gasteiger partial charge in [0.25, 0.3) is 0 Å². The Labute approximate surface area is 102 Å². The third-order valence-electron chi connectivity index (χ3n) is 2.21. The van der Waals surface area contributed by atoms with E-state index >= 15 is 0 Å². The number of anilines is 1. The summed E-state index contributed by atoms with van der Waals surface area (Å²) in [7, 11) is -1.95. The first kappa shape index (κ1) is 14.0. The van der Waals surface area contributed by atoms with Crippen molar-refractivity contribution in [3.8, 4) is 0 Å². The van der Waals surface area contributed by atoms with Gasteiger partial charge in [-0.25, -0.2) is 13.1 Å². The van der Waals surface area contributed by atoms with Gasteiger partial charge in [-0.05, 0) is 38.2 Å². The Bertz CT molecular complexity index is 429. The van der Waals surface area contributed by atoms with Crippen LogP contribution in [0.2, 0.25) is 0 Å². The van der Waals surface area contributed by atoms with Crippen LogP contribution in [0.1, 0.15) is 6.92 Å². The van der Waals surface area contributed by atoms with Gasteiger partial charge in [0.05, 0.1) is 11.5 Å². The van der Waals surface area contributed by atoms with Gasteiger partial charge in [-0.1, -0.05) is 0 Å². The summed E-state index contributed by atoms with van der Waals surface area (Å²) in [6.45, 7) is 3.97. The number of sulfonamides is 1. The predicted octanol–water partition coefficient (Wildman–Crippen LogP) is 1.04. The number of hydrogen-bond donors (Lipinski definition) is 2. The van der Waals surface area contributed by atoms with Crippen molar-refractivity contribution in [2.24, 2.45) is 0 Å². The van der Waals surface area contributed by atoms with Crippen LogP contribution in [0.5, 0.6) is 0 Å². The quantitative estimate of drug-likeness (QED) is 0.717. The molecule has 0 unspecified atom stereocenters. The van der Waals surface area contributed by atoms with Gasteiger partial charge in [0.2, 0.25) is 10.0 Å². The third-order valence-corrected chi connectivity index (χ3v) is 3.64. The van der Waals surface area contributed by atoms with Gasteiger partial charge >= 0.3 is 0 Å². The molecule has 0 fully saturated rings. The Morgan fingerprint density at radius 3 is 2.41 bits per heavy atom. The Balaban J connectivity index is 2.57. The molecule has 0 amide bonds. The van der Waals surface area contributed by atoms with Gasteiger partial charge in [0, 0.05) is 18.8 Å². The molecule has 1 aromatic carbocycles. The molecule has 0 radical (unpaired) electrons. The molecule has 5 nitrogen and oxygen atoms in total. The maximum Gasteiger partial charge on any atom is 0.240 e. The monoisotopic (exact) mass is 258 g/mol. The highest BCUT2D eigenvalue weighted by Gasteiger charge is 2.09. The van der Waals surface area contributed by atoms with Crippen molar-refractivity contribution in [1.82, 2.24) is 4.72 Å². The molecule has 0 saturated heterocycles. The van der Waals surface area contributed by atoms with Crippen molar-refractivity contribution < 1.29 is 13.2 Å². The summed E-state index contributed by atoms with van der Waals surface area (Å²) in [5, 5.41) is 3.14. The summed E-state index contributed by atoms with van der Waals surface area (Å²) in [5.74, 6) is 0. The van der Waals surface area contributed by atoms with Crippen LogP contribution in [0.4, 0.5) is 5.69 Å². The molecule has 1 rings (SSSR count). The van der Waals surface area contributed by atoms with E-state index in [2.05, 4.69) is 10.0 Å². The zero-order chi connectivity index (χ0) is 12.7. The molecule has 0 aliphatic carbocycles. The maximum absolute atomic E-state index is 11.5. The molecule has 0 saturated carbocycles. The SMILES string of the molecule is CCOCCNc1ccc(S(=O)(=O)NC)cc1. The highest BCUT2D eigenvalue weighted by molar-refractivity contribution is 7.89. The Kier molecular flexibility index (Phi) is 5.40. The topological polar surface area (TPSA) is 67.4 Å². The van der Waals surface area contributed by atoms with Crippen LogP contribution in [-0.4, -0.2) is 35.2 Å². The van der Waals surface area contributed by atoms with Gasteiger partial charge in [-0.15, -0.1) is 0 Å². The zero-order valence-electron chi connectivity index (χ0n) is 10.1. The summed E-state index contributed by atoms with van der Waals surface area (Å²) in [4.78, 5) is 0.260. The summed E-state index contributed by atoms with van der Waals surface area (Å²) < 4.78 is 30.4. The van der Waals surface area contributed by atoms with Crippen molar-refractivity contribution in [2.45, 2.75) is 11.8 Å². The lowest BCUT2D eigenvalue weighted by atomic mass is 10.3. The number of benzene rings is 1. The van der Waals surface area contributed by atoms with Crippen LogP contribution in [0.15, 0.2) is 29.2 Å². The van der Waals surface area contributed by atoms with E-state index in [-0.39, 0.29) is 4.90 Å². The molecule has 0 aliphatic rings. The van der Waals surface area contributed by atoms with Crippen LogP contribution in [0.3, 0.4) is 0 Å². The van der Waals surface area contributed by atoms with Gasteiger partial charge in [-0.2, -0.15) is 0 Å². The highest BCUT2D eigenvalue weighted by Crippen LogP contribution is 2.13. The smallest absolute Gasteiger partial charge is 0.240 e. The first-order valence-corrected chi connectivity index (χ1v) is 6.93. The molecule has 6 heteroatoms. The first-order chi connectivity index (χ1) is 8.10. The second-order valence-electron chi connectivity index (χ2n) is 3.36. The van der Waals surface area contributed by atoms with E-state index in [1.807, 2.05) is 6.92 Å². The fourth-order valence-corrected chi connectivity index (χ4v) is 2.01. The number of rotatable bonds is 7. The lowest BCUT2D eigenvalue weighted by molar-refractivity contribution is 0.158. The minimum atomic E-state index is -3.35. The molecule has 0 aromatic heterocycles. The van der Waals surface area contributed by atoms with Crippen LogP contribution in [-0.2, 0) is 14.8 Å².